The van der Waals surface area contributed by atoms with Gasteiger partial charge in [-0.05, 0) is 36.8 Å². The highest BCUT2D eigenvalue weighted by Gasteiger charge is 2.55. The van der Waals surface area contributed by atoms with Crippen LogP contribution < -0.4 is 0 Å². The number of carbonyl (C=O) groups is 1. The Morgan fingerprint density at radius 1 is 1.03 bits per heavy atom. The van der Waals surface area contributed by atoms with E-state index in [1.54, 1.807) is 24.3 Å². The molecule has 170 valence electrons. The van der Waals surface area contributed by atoms with Crippen LogP contribution in [0.2, 0.25) is 0 Å². The van der Waals surface area contributed by atoms with Gasteiger partial charge >= 0.3 is 12.2 Å². The number of halogens is 3. The van der Waals surface area contributed by atoms with Crippen LogP contribution in [0.4, 0.5) is 18.0 Å². The van der Waals surface area contributed by atoms with E-state index in [9.17, 15) is 18.0 Å². The zero-order valence-corrected chi connectivity index (χ0v) is 17.8. The van der Waals surface area contributed by atoms with Crippen LogP contribution in [0, 0.1) is 5.41 Å². The summed E-state index contributed by atoms with van der Waals surface area (Å²) in [6.45, 7) is 2.87. The molecule has 9 heteroatoms. The lowest BCUT2D eigenvalue weighted by molar-refractivity contribution is -0.127. The van der Waals surface area contributed by atoms with Crippen LogP contribution in [0.1, 0.15) is 60.5 Å². The van der Waals surface area contributed by atoms with Crippen molar-refractivity contribution in [3.63, 3.8) is 0 Å². The molecule has 0 radical (unpaired) electrons. The third kappa shape index (κ3) is 3.65. The summed E-state index contributed by atoms with van der Waals surface area (Å²) in [5, 5.41) is 4.64. The molecule has 1 aromatic carbocycles. The van der Waals surface area contributed by atoms with Gasteiger partial charge in [0.05, 0.1) is 12.5 Å². The highest BCUT2D eigenvalue weighted by molar-refractivity contribution is 5.77. The first-order valence-electron chi connectivity index (χ1n) is 11.4. The molecule has 3 heterocycles. The standard InChI is InChI=1S/C23H26F3N5O/c24-23(25,26)7-15-1-3-16(4-2-15)18-10-29(11-18)21(32)30-12-22(13-30)8-19(9-22)31-14-27-20(28-31)17-5-6-17/h1-4,14,17-19H,5-13H2. The Morgan fingerprint density at radius 3 is 2.34 bits per heavy atom. The maximum Gasteiger partial charge on any atom is 0.393 e. The van der Waals surface area contributed by atoms with Crippen molar-refractivity contribution in [3.8, 4) is 0 Å². The molecule has 0 bridgehead atoms. The van der Waals surface area contributed by atoms with E-state index in [1.165, 1.54) is 12.8 Å². The Hall–Kier alpha value is -2.58. The van der Waals surface area contributed by atoms with Gasteiger partial charge in [-0.15, -0.1) is 0 Å². The van der Waals surface area contributed by atoms with E-state index in [2.05, 4.69) is 10.1 Å². The lowest BCUT2D eigenvalue weighted by Gasteiger charge is -2.60. The molecule has 0 unspecified atom stereocenters. The zero-order chi connectivity index (χ0) is 22.1. The summed E-state index contributed by atoms with van der Waals surface area (Å²) in [5.41, 5.74) is 1.51. The van der Waals surface area contributed by atoms with Crippen molar-refractivity contribution >= 4 is 6.03 Å². The number of urea groups is 1. The number of alkyl halides is 3. The summed E-state index contributed by atoms with van der Waals surface area (Å²) in [5.74, 6) is 1.76. The Bertz CT molecular complexity index is 1010. The summed E-state index contributed by atoms with van der Waals surface area (Å²) in [6.07, 6.45) is 1.29. The second kappa shape index (κ2) is 6.96. The molecule has 2 aliphatic heterocycles. The van der Waals surface area contributed by atoms with Crippen molar-refractivity contribution in [1.82, 2.24) is 24.6 Å². The summed E-state index contributed by atoms with van der Waals surface area (Å²) in [4.78, 5) is 21.0. The SMILES string of the molecule is O=C(N1CC(c2ccc(CC(F)(F)F)cc2)C1)N1CC2(CC(n3cnc(C4CC4)n3)C2)C1. The van der Waals surface area contributed by atoms with E-state index in [0.29, 0.717) is 25.0 Å². The van der Waals surface area contributed by atoms with E-state index in [4.69, 9.17) is 0 Å². The lowest BCUT2D eigenvalue weighted by Crippen LogP contribution is -2.67. The number of amides is 2. The molecular formula is C23H26F3N5O. The van der Waals surface area contributed by atoms with Gasteiger partial charge < -0.3 is 9.80 Å². The number of carbonyl (C=O) groups excluding carboxylic acids is 1. The number of likely N-dealkylation sites (tertiary alicyclic amines) is 2. The van der Waals surface area contributed by atoms with Crippen molar-refractivity contribution in [1.29, 1.82) is 0 Å². The molecule has 1 aromatic heterocycles. The molecule has 0 N–H and O–H groups in total. The molecule has 4 fully saturated rings. The number of hydrogen-bond donors (Lipinski definition) is 0. The average molecular weight is 445 g/mol. The number of aromatic nitrogens is 3. The van der Waals surface area contributed by atoms with Gasteiger partial charge in [0.15, 0.2) is 5.82 Å². The maximum atomic E-state index is 12.8. The third-order valence-electron chi connectivity index (χ3n) is 7.51. The molecule has 1 spiro atoms. The van der Waals surface area contributed by atoms with Crippen molar-refractivity contribution in [2.75, 3.05) is 26.2 Å². The van der Waals surface area contributed by atoms with Crippen LogP contribution in [0.15, 0.2) is 30.6 Å². The Labute approximate surface area is 184 Å². The first-order valence-corrected chi connectivity index (χ1v) is 11.4. The fraction of sp³-hybridized carbons (Fsp3) is 0.609. The summed E-state index contributed by atoms with van der Waals surface area (Å²) in [7, 11) is 0. The van der Waals surface area contributed by atoms with E-state index >= 15 is 0 Å². The molecular weight excluding hydrogens is 419 g/mol. The van der Waals surface area contributed by atoms with Crippen molar-refractivity contribution in [3.05, 3.63) is 47.5 Å². The summed E-state index contributed by atoms with van der Waals surface area (Å²) in [6, 6.07) is 7.10. The molecule has 0 atom stereocenters. The Kier molecular flexibility index (Phi) is 4.36. The molecule has 2 saturated heterocycles. The smallest absolute Gasteiger partial charge is 0.323 e. The second-order valence-electron chi connectivity index (χ2n) is 10.2. The fourth-order valence-corrected chi connectivity index (χ4v) is 5.46. The monoisotopic (exact) mass is 445 g/mol. The molecule has 6 rings (SSSR count). The van der Waals surface area contributed by atoms with E-state index in [1.807, 2.05) is 20.8 Å². The minimum atomic E-state index is -4.19. The van der Waals surface area contributed by atoms with Gasteiger partial charge in [0.25, 0.3) is 0 Å². The number of nitrogens with zero attached hydrogens (tertiary/aromatic N) is 5. The van der Waals surface area contributed by atoms with E-state index in [-0.39, 0.29) is 22.9 Å². The normalized spacial score (nSPS) is 23.1. The second-order valence-corrected chi connectivity index (χ2v) is 10.2. The van der Waals surface area contributed by atoms with Crippen LogP contribution in [-0.4, -0.2) is 63.0 Å². The molecule has 4 aliphatic rings. The molecule has 2 saturated carbocycles. The topological polar surface area (TPSA) is 54.3 Å². The van der Waals surface area contributed by atoms with Gasteiger partial charge in [-0.2, -0.15) is 18.3 Å². The third-order valence-corrected chi connectivity index (χ3v) is 7.51. The quantitative estimate of drug-likeness (QED) is 0.712. The first kappa shape index (κ1) is 20.1. The van der Waals surface area contributed by atoms with Gasteiger partial charge in [-0.25, -0.2) is 14.5 Å². The van der Waals surface area contributed by atoms with Crippen molar-refractivity contribution < 1.29 is 18.0 Å². The number of benzene rings is 1. The first-order chi connectivity index (χ1) is 15.3. The number of rotatable bonds is 4. The predicted molar refractivity (Wildman–Crippen MR) is 110 cm³/mol. The van der Waals surface area contributed by atoms with Gasteiger partial charge in [0.2, 0.25) is 0 Å². The average Bonchev–Trinajstić information content (AvgIpc) is 3.37. The largest absolute Gasteiger partial charge is 0.393 e. The number of hydrogen-bond acceptors (Lipinski definition) is 3. The molecule has 2 amide bonds. The van der Waals surface area contributed by atoms with Crippen LogP contribution >= 0.6 is 0 Å². The zero-order valence-electron chi connectivity index (χ0n) is 17.8. The maximum absolute atomic E-state index is 12.8. The van der Waals surface area contributed by atoms with Gasteiger partial charge in [-0.3, -0.25) is 0 Å². The van der Waals surface area contributed by atoms with E-state index in [0.717, 1.165) is 37.3 Å². The Balaban J connectivity index is 0.957. The van der Waals surface area contributed by atoms with Crippen LogP contribution in [0.25, 0.3) is 0 Å². The minimum absolute atomic E-state index is 0.0841. The summed E-state index contributed by atoms with van der Waals surface area (Å²) >= 11 is 0. The van der Waals surface area contributed by atoms with Crippen LogP contribution in [0.5, 0.6) is 0 Å². The lowest BCUT2D eigenvalue weighted by atomic mass is 9.61. The van der Waals surface area contributed by atoms with Gasteiger partial charge in [0.1, 0.15) is 6.33 Å². The van der Waals surface area contributed by atoms with Crippen LogP contribution in [-0.2, 0) is 6.42 Å². The molecule has 2 aliphatic carbocycles. The molecule has 32 heavy (non-hydrogen) atoms. The van der Waals surface area contributed by atoms with Crippen molar-refractivity contribution in [2.45, 2.75) is 56.2 Å². The van der Waals surface area contributed by atoms with E-state index < -0.39 is 12.6 Å². The fourth-order valence-electron chi connectivity index (χ4n) is 5.46. The Morgan fingerprint density at radius 2 is 1.72 bits per heavy atom. The minimum Gasteiger partial charge on any atom is -0.323 e. The molecule has 2 aromatic rings. The molecule has 6 nitrogen and oxygen atoms in total. The predicted octanol–water partition coefficient (Wildman–Crippen LogP) is 4.12. The van der Waals surface area contributed by atoms with Crippen LogP contribution in [0.3, 0.4) is 0 Å². The summed E-state index contributed by atoms with van der Waals surface area (Å²) < 4.78 is 39.5. The van der Waals surface area contributed by atoms with Crippen molar-refractivity contribution in [2.24, 2.45) is 5.41 Å². The van der Waals surface area contributed by atoms with Gasteiger partial charge in [-0.1, -0.05) is 24.3 Å². The van der Waals surface area contributed by atoms with Gasteiger partial charge in [0, 0.05) is 43.4 Å². The highest BCUT2D eigenvalue weighted by atomic mass is 19.4. The highest BCUT2D eigenvalue weighted by Crippen LogP contribution is 2.54.